The highest BCUT2D eigenvalue weighted by Crippen LogP contribution is 2.33. The zero-order valence-corrected chi connectivity index (χ0v) is 23.5. The maximum absolute atomic E-state index is 13.8. The van der Waals surface area contributed by atoms with Crippen LogP contribution in [0.2, 0.25) is 5.02 Å². The van der Waals surface area contributed by atoms with Crippen molar-refractivity contribution in [3.63, 3.8) is 0 Å². The first kappa shape index (κ1) is 28.5. The Morgan fingerprint density at radius 1 is 1.29 bits per heavy atom. The number of halogens is 2. The third-order valence-electron chi connectivity index (χ3n) is 7.32. The molecule has 2 unspecified atom stereocenters. The molecule has 9 nitrogen and oxygen atoms in total. The molecule has 2 aliphatic rings. The van der Waals surface area contributed by atoms with Crippen molar-refractivity contribution in [3.8, 4) is 0 Å². The summed E-state index contributed by atoms with van der Waals surface area (Å²) in [7, 11) is 0. The number of aromatic amines is 1. The number of carbonyl (C=O) groups is 3. The fraction of sp³-hybridized carbons (Fsp3) is 0.462. The van der Waals surface area contributed by atoms with Crippen LogP contribution in [0.4, 0.5) is 0 Å². The lowest BCUT2D eigenvalue weighted by molar-refractivity contribution is -0.119. The maximum atomic E-state index is 13.8. The third kappa shape index (κ3) is 5.89. The molecule has 5 rings (SSSR count). The molecule has 0 radical (unpaired) electrons. The largest absolute Gasteiger partial charge is 0.355 e. The number of aromatic nitrogens is 2. The molecule has 2 aromatic heterocycles. The number of fused-ring (bicyclic) bond motifs is 2. The number of nitrogens with one attached hydrogen (secondary N) is 3. The van der Waals surface area contributed by atoms with Crippen LogP contribution in [0.5, 0.6) is 0 Å². The van der Waals surface area contributed by atoms with Crippen LogP contribution < -0.4 is 16.4 Å². The average molecular weight is 580 g/mol. The first-order valence-electron chi connectivity index (χ1n) is 12.6. The number of nitrogens with two attached hydrogens (primary N) is 1. The lowest BCUT2D eigenvalue weighted by Crippen LogP contribution is -2.64. The Labute approximate surface area is 236 Å². The molecule has 1 aliphatic carbocycles. The van der Waals surface area contributed by atoms with Gasteiger partial charge in [0.15, 0.2) is 5.01 Å². The van der Waals surface area contributed by atoms with E-state index in [1.165, 1.54) is 18.3 Å². The number of Topliss-reactive ketones (excluding diaryl/α,β-unsaturated/α-hetero) is 1. The molecule has 2 atom stereocenters. The number of amides is 2. The standard InChI is InChI=1S/C26H31ClN6O3S.ClH/c1-15(34)29-9-11-33-10-7-19-21(14-33)37-25(31-19)23(35)26(28)8-3-2-4-22(26)32-24(36)20-13-16-12-17(27)5-6-18(16)30-20;/h5-6,12-13,22,30H,2-4,7-11,14,28H2,1H3,(H,29,34)(H,32,36);1H. The van der Waals surface area contributed by atoms with E-state index in [0.717, 1.165) is 53.8 Å². The Bertz CT molecular complexity index is 1360. The highest BCUT2D eigenvalue weighted by atomic mass is 35.5. The number of H-pyrrole nitrogens is 1. The molecule has 2 amide bonds. The van der Waals surface area contributed by atoms with Gasteiger partial charge in [-0.05, 0) is 37.1 Å². The van der Waals surface area contributed by atoms with Crippen molar-refractivity contribution in [3.05, 3.63) is 50.6 Å². The molecule has 1 fully saturated rings. The predicted octanol–water partition coefficient (Wildman–Crippen LogP) is 3.45. The summed E-state index contributed by atoms with van der Waals surface area (Å²) in [6.45, 7) is 4.37. The summed E-state index contributed by atoms with van der Waals surface area (Å²) in [4.78, 5) is 49.2. The molecule has 38 heavy (non-hydrogen) atoms. The van der Waals surface area contributed by atoms with Crippen molar-refractivity contribution in [2.24, 2.45) is 5.73 Å². The van der Waals surface area contributed by atoms with Gasteiger partial charge in [0.25, 0.3) is 5.91 Å². The molecule has 1 aliphatic heterocycles. The smallest absolute Gasteiger partial charge is 0.268 e. The van der Waals surface area contributed by atoms with E-state index in [0.29, 0.717) is 41.7 Å². The topological polar surface area (TPSA) is 133 Å². The summed E-state index contributed by atoms with van der Waals surface area (Å²) >= 11 is 7.48. The molecular formula is C26H32Cl2N6O3S. The van der Waals surface area contributed by atoms with E-state index in [9.17, 15) is 14.4 Å². The highest BCUT2D eigenvalue weighted by Gasteiger charge is 2.46. The average Bonchev–Trinajstić information content (AvgIpc) is 3.48. The van der Waals surface area contributed by atoms with Crippen LogP contribution in [0.3, 0.4) is 0 Å². The molecule has 204 valence electrons. The van der Waals surface area contributed by atoms with Crippen LogP contribution >= 0.6 is 35.3 Å². The van der Waals surface area contributed by atoms with E-state index in [1.54, 1.807) is 18.2 Å². The molecule has 1 saturated carbocycles. The predicted molar refractivity (Wildman–Crippen MR) is 151 cm³/mol. The summed E-state index contributed by atoms with van der Waals surface area (Å²) in [5.41, 5.74) is 7.75. The number of thiazole rings is 1. The minimum absolute atomic E-state index is 0. The number of carbonyl (C=O) groups excluding carboxylic acids is 3. The highest BCUT2D eigenvalue weighted by molar-refractivity contribution is 7.13. The van der Waals surface area contributed by atoms with Crippen LogP contribution in [-0.2, 0) is 17.8 Å². The second-order valence-electron chi connectivity index (χ2n) is 9.95. The van der Waals surface area contributed by atoms with Gasteiger partial charge in [-0.3, -0.25) is 19.3 Å². The van der Waals surface area contributed by atoms with Gasteiger partial charge < -0.3 is 21.4 Å². The van der Waals surface area contributed by atoms with Gasteiger partial charge in [0.1, 0.15) is 11.2 Å². The quantitative estimate of drug-likeness (QED) is 0.317. The second-order valence-corrected chi connectivity index (χ2v) is 11.5. The second kappa shape index (κ2) is 11.7. The minimum Gasteiger partial charge on any atom is -0.355 e. The van der Waals surface area contributed by atoms with Gasteiger partial charge in [0.05, 0.1) is 11.7 Å². The lowest BCUT2D eigenvalue weighted by atomic mass is 9.75. The van der Waals surface area contributed by atoms with Crippen LogP contribution in [0, 0.1) is 0 Å². The Morgan fingerprint density at radius 3 is 2.89 bits per heavy atom. The normalized spacial score (nSPS) is 21.4. The summed E-state index contributed by atoms with van der Waals surface area (Å²) in [5.74, 6) is -0.542. The molecule has 3 aromatic rings. The number of nitrogens with zero attached hydrogens (tertiary/aromatic N) is 2. The van der Waals surface area contributed by atoms with Crippen molar-refractivity contribution in [1.29, 1.82) is 0 Å². The van der Waals surface area contributed by atoms with E-state index >= 15 is 0 Å². The molecular weight excluding hydrogens is 547 g/mol. The Kier molecular flexibility index (Phi) is 8.78. The van der Waals surface area contributed by atoms with Crippen LogP contribution in [0.15, 0.2) is 24.3 Å². The van der Waals surface area contributed by atoms with Crippen molar-refractivity contribution in [1.82, 2.24) is 25.5 Å². The van der Waals surface area contributed by atoms with Gasteiger partial charge in [-0.2, -0.15) is 0 Å². The monoisotopic (exact) mass is 578 g/mol. The summed E-state index contributed by atoms with van der Waals surface area (Å²) in [6.07, 6.45) is 3.58. The first-order valence-corrected chi connectivity index (χ1v) is 13.8. The molecule has 0 saturated heterocycles. The number of hydrogen-bond donors (Lipinski definition) is 4. The minimum atomic E-state index is -1.21. The van der Waals surface area contributed by atoms with Gasteiger partial charge in [0.2, 0.25) is 11.7 Å². The number of rotatable bonds is 7. The molecule has 12 heteroatoms. The Hall–Kier alpha value is -2.50. The van der Waals surface area contributed by atoms with E-state index in [1.807, 2.05) is 6.07 Å². The fourth-order valence-corrected chi connectivity index (χ4v) is 6.62. The van der Waals surface area contributed by atoms with E-state index in [4.69, 9.17) is 17.3 Å². The summed E-state index contributed by atoms with van der Waals surface area (Å²) < 4.78 is 0. The van der Waals surface area contributed by atoms with E-state index < -0.39 is 11.6 Å². The first-order chi connectivity index (χ1) is 17.7. The maximum Gasteiger partial charge on any atom is 0.268 e. The SMILES string of the molecule is CC(=O)NCCN1CCc2nc(C(=O)C3(N)CCCCC3NC(=O)c3cc4cc(Cl)ccc4[nH]3)sc2C1.Cl. The Balaban J connectivity index is 0.00000336. The van der Waals surface area contributed by atoms with Gasteiger partial charge >= 0.3 is 0 Å². The fourth-order valence-electron chi connectivity index (χ4n) is 5.26. The summed E-state index contributed by atoms with van der Waals surface area (Å²) in [5, 5.41) is 7.72. The van der Waals surface area contributed by atoms with Crippen molar-refractivity contribution in [2.75, 3.05) is 19.6 Å². The lowest BCUT2D eigenvalue weighted by Gasteiger charge is -2.39. The molecule has 5 N–H and O–H groups in total. The zero-order valence-electron chi connectivity index (χ0n) is 21.1. The third-order valence-corrected chi connectivity index (χ3v) is 8.63. The zero-order chi connectivity index (χ0) is 26.2. The van der Waals surface area contributed by atoms with Gasteiger partial charge in [-0.15, -0.1) is 23.7 Å². The molecule has 0 spiro atoms. The van der Waals surface area contributed by atoms with Crippen LogP contribution in [-0.4, -0.2) is 63.7 Å². The van der Waals surface area contributed by atoms with Crippen LogP contribution in [0.25, 0.3) is 10.9 Å². The number of hydrogen-bond acceptors (Lipinski definition) is 7. The van der Waals surface area contributed by atoms with Crippen molar-refractivity contribution >= 4 is 63.8 Å². The van der Waals surface area contributed by atoms with Gasteiger partial charge in [0, 0.05) is 60.3 Å². The van der Waals surface area contributed by atoms with Crippen molar-refractivity contribution < 1.29 is 14.4 Å². The summed E-state index contributed by atoms with van der Waals surface area (Å²) in [6, 6.07) is 6.66. The molecule has 3 heterocycles. The molecule has 1 aromatic carbocycles. The Morgan fingerprint density at radius 2 is 2.11 bits per heavy atom. The number of benzene rings is 1. The van der Waals surface area contributed by atoms with Crippen molar-refractivity contribution in [2.45, 2.75) is 57.2 Å². The van der Waals surface area contributed by atoms with Crippen LogP contribution in [0.1, 0.15) is 63.5 Å². The van der Waals surface area contributed by atoms with Gasteiger partial charge in [-0.25, -0.2) is 4.98 Å². The van der Waals surface area contributed by atoms with E-state index in [-0.39, 0.29) is 30.0 Å². The van der Waals surface area contributed by atoms with E-state index in [2.05, 4.69) is 25.5 Å². The van der Waals surface area contributed by atoms with Gasteiger partial charge in [-0.1, -0.05) is 24.4 Å². The molecule has 0 bridgehead atoms. The number of ketones is 1.